The number of halogens is 2. The van der Waals surface area contributed by atoms with Crippen molar-refractivity contribution in [3.8, 4) is 17.0 Å². The Morgan fingerprint density at radius 1 is 1.25 bits per heavy atom. The standard InChI is InChI=1S/C20H18F2N4O2/c1-2-15-17(12-7-9-23-10-8-12)25-26-18(15)24-19(27)13-3-5-14(6-4-13)28-16-11-20(16,21)22/h3-10,16H,2,11H2,1H3,(H2,24,25,26,27). The molecule has 3 aromatic rings. The number of anilines is 1. The van der Waals surface area contributed by atoms with Crippen LogP contribution in [0.3, 0.4) is 0 Å². The molecular weight excluding hydrogens is 366 g/mol. The van der Waals surface area contributed by atoms with Crippen LogP contribution in [-0.2, 0) is 6.42 Å². The van der Waals surface area contributed by atoms with Crippen molar-refractivity contribution >= 4 is 11.7 Å². The van der Waals surface area contributed by atoms with Gasteiger partial charge in [-0.25, -0.2) is 8.78 Å². The van der Waals surface area contributed by atoms with E-state index < -0.39 is 12.0 Å². The molecule has 0 radical (unpaired) electrons. The van der Waals surface area contributed by atoms with E-state index in [4.69, 9.17) is 4.74 Å². The average molecular weight is 384 g/mol. The first kappa shape index (κ1) is 18.1. The van der Waals surface area contributed by atoms with Gasteiger partial charge < -0.3 is 10.1 Å². The molecule has 1 aromatic carbocycles. The highest BCUT2D eigenvalue weighted by Crippen LogP contribution is 2.44. The van der Waals surface area contributed by atoms with Gasteiger partial charge in [0.2, 0.25) is 0 Å². The van der Waals surface area contributed by atoms with E-state index in [2.05, 4.69) is 20.5 Å². The zero-order valence-electron chi connectivity index (χ0n) is 15.1. The zero-order valence-corrected chi connectivity index (χ0v) is 15.1. The summed E-state index contributed by atoms with van der Waals surface area (Å²) in [6, 6.07) is 9.81. The summed E-state index contributed by atoms with van der Waals surface area (Å²) in [6.07, 6.45) is 2.71. The normalized spacial score (nSPS) is 17.2. The largest absolute Gasteiger partial charge is 0.484 e. The summed E-state index contributed by atoms with van der Waals surface area (Å²) in [7, 11) is 0. The first-order chi connectivity index (χ1) is 13.5. The molecule has 2 aromatic heterocycles. The molecule has 1 amide bonds. The number of benzene rings is 1. The van der Waals surface area contributed by atoms with E-state index in [1.165, 1.54) is 24.3 Å². The van der Waals surface area contributed by atoms with Crippen LogP contribution in [-0.4, -0.2) is 33.1 Å². The highest BCUT2D eigenvalue weighted by atomic mass is 19.3. The van der Waals surface area contributed by atoms with Gasteiger partial charge in [-0.1, -0.05) is 6.92 Å². The number of nitrogens with zero attached hydrogens (tertiary/aromatic N) is 2. The molecule has 0 spiro atoms. The van der Waals surface area contributed by atoms with Crippen molar-refractivity contribution in [2.75, 3.05) is 5.32 Å². The smallest absolute Gasteiger partial charge is 0.288 e. The molecular formula is C20H18F2N4O2. The number of H-pyrrole nitrogens is 1. The Kier molecular flexibility index (Phi) is 4.54. The van der Waals surface area contributed by atoms with Gasteiger partial charge >= 0.3 is 0 Å². The van der Waals surface area contributed by atoms with Crippen LogP contribution in [0.15, 0.2) is 48.8 Å². The maximum atomic E-state index is 12.9. The molecule has 1 aliphatic rings. The van der Waals surface area contributed by atoms with Gasteiger partial charge in [0.25, 0.3) is 11.8 Å². The number of aromatic nitrogens is 3. The second-order valence-electron chi connectivity index (χ2n) is 6.57. The third kappa shape index (κ3) is 3.58. The van der Waals surface area contributed by atoms with E-state index in [-0.39, 0.29) is 12.3 Å². The number of nitrogens with one attached hydrogen (secondary N) is 2. The van der Waals surface area contributed by atoms with Gasteiger partial charge in [0.15, 0.2) is 11.9 Å². The van der Waals surface area contributed by atoms with Crippen molar-refractivity contribution in [1.82, 2.24) is 15.2 Å². The third-order valence-corrected chi connectivity index (χ3v) is 4.58. The van der Waals surface area contributed by atoms with Crippen molar-refractivity contribution in [2.45, 2.75) is 31.8 Å². The maximum Gasteiger partial charge on any atom is 0.288 e. The van der Waals surface area contributed by atoms with Crippen molar-refractivity contribution in [3.05, 3.63) is 59.9 Å². The molecule has 2 heterocycles. The van der Waals surface area contributed by atoms with Gasteiger partial charge in [0.05, 0.1) is 12.1 Å². The molecule has 1 aliphatic carbocycles. The van der Waals surface area contributed by atoms with Crippen LogP contribution >= 0.6 is 0 Å². The van der Waals surface area contributed by atoms with E-state index in [0.717, 1.165) is 16.8 Å². The SMILES string of the molecule is CCc1c(NC(=O)c2ccc(OC3CC3(F)F)cc2)n[nH]c1-c1ccncc1. The monoisotopic (exact) mass is 384 g/mol. The van der Waals surface area contributed by atoms with E-state index in [9.17, 15) is 13.6 Å². The summed E-state index contributed by atoms with van der Waals surface area (Å²) in [6.45, 7) is 1.98. The van der Waals surface area contributed by atoms with Crippen LogP contribution in [0, 0.1) is 0 Å². The Morgan fingerprint density at radius 3 is 2.54 bits per heavy atom. The number of rotatable bonds is 6. The maximum absolute atomic E-state index is 12.9. The van der Waals surface area contributed by atoms with E-state index in [1.54, 1.807) is 12.4 Å². The lowest BCUT2D eigenvalue weighted by atomic mass is 10.1. The van der Waals surface area contributed by atoms with Crippen LogP contribution < -0.4 is 10.1 Å². The van der Waals surface area contributed by atoms with E-state index in [1.807, 2.05) is 19.1 Å². The number of carbonyl (C=O) groups excluding carboxylic acids is 1. The Balaban J connectivity index is 1.47. The van der Waals surface area contributed by atoms with Crippen molar-refractivity contribution in [2.24, 2.45) is 0 Å². The van der Waals surface area contributed by atoms with Gasteiger partial charge in [0.1, 0.15) is 5.75 Å². The van der Waals surface area contributed by atoms with E-state index in [0.29, 0.717) is 23.6 Å². The zero-order chi connectivity index (χ0) is 19.7. The molecule has 0 bridgehead atoms. The fraction of sp³-hybridized carbons (Fsp3) is 0.250. The number of hydrogen-bond acceptors (Lipinski definition) is 4. The highest BCUT2D eigenvalue weighted by Gasteiger charge is 2.59. The summed E-state index contributed by atoms with van der Waals surface area (Å²) < 4.78 is 31.0. The highest BCUT2D eigenvalue weighted by molar-refractivity contribution is 6.04. The average Bonchev–Trinajstić information content (AvgIpc) is 3.11. The summed E-state index contributed by atoms with van der Waals surface area (Å²) in [5.74, 6) is -2.32. The predicted octanol–water partition coefficient (Wildman–Crippen LogP) is 4.07. The van der Waals surface area contributed by atoms with Crippen LogP contribution in [0.5, 0.6) is 5.75 Å². The summed E-state index contributed by atoms with van der Waals surface area (Å²) in [5, 5.41) is 9.98. The lowest BCUT2D eigenvalue weighted by molar-refractivity contribution is 0.0665. The molecule has 4 rings (SSSR count). The minimum atomic E-state index is -2.75. The molecule has 8 heteroatoms. The van der Waals surface area contributed by atoms with Crippen LogP contribution in [0.25, 0.3) is 11.3 Å². The molecule has 1 fully saturated rings. The van der Waals surface area contributed by atoms with Crippen LogP contribution in [0.2, 0.25) is 0 Å². The fourth-order valence-corrected chi connectivity index (χ4v) is 2.92. The fourth-order valence-electron chi connectivity index (χ4n) is 2.92. The van der Waals surface area contributed by atoms with Gasteiger partial charge in [-0.2, -0.15) is 5.10 Å². The molecule has 1 atom stereocenters. The number of amides is 1. The molecule has 1 unspecified atom stereocenters. The first-order valence-corrected chi connectivity index (χ1v) is 8.91. The Morgan fingerprint density at radius 2 is 1.93 bits per heavy atom. The predicted molar refractivity (Wildman–Crippen MR) is 99.6 cm³/mol. The Bertz CT molecular complexity index is 987. The second-order valence-corrected chi connectivity index (χ2v) is 6.57. The first-order valence-electron chi connectivity index (χ1n) is 8.91. The van der Waals surface area contributed by atoms with Gasteiger partial charge in [-0.3, -0.25) is 14.9 Å². The van der Waals surface area contributed by atoms with Gasteiger partial charge in [0, 0.05) is 29.1 Å². The Labute approximate surface area is 160 Å². The minimum Gasteiger partial charge on any atom is -0.484 e. The second kappa shape index (κ2) is 7.03. The lowest BCUT2D eigenvalue weighted by Gasteiger charge is -2.08. The summed E-state index contributed by atoms with van der Waals surface area (Å²) >= 11 is 0. The van der Waals surface area contributed by atoms with Crippen LogP contribution in [0.4, 0.5) is 14.6 Å². The topological polar surface area (TPSA) is 79.9 Å². The molecule has 0 saturated heterocycles. The molecule has 6 nitrogen and oxygen atoms in total. The summed E-state index contributed by atoms with van der Waals surface area (Å²) in [4.78, 5) is 16.5. The van der Waals surface area contributed by atoms with Gasteiger partial charge in [-0.15, -0.1) is 0 Å². The molecule has 0 aliphatic heterocycles. The molecule has 1 saturated carbocycles. The lowest BCUT2D eigenvalue weighted by Crippen LogP contribution is -2.13. The quantitative estimate of drug-likeness (QED) is 0.671. The summed E-state index contributed by atoms with van der Waals surface area (Å²) in [5.41, 5.74) is 3.02. The number of ether oxygens (including phenoxy) is 1. The minimum absolute atomic E-state index is 0.270. The van der Waals surface area contributed by atoms with Crippen molar-refractivity contribution in [3.63, 3.8) is 0 Å². The third-order valence-electron chi connectivity index (χ3n) is 4.58. The van der Waals surface area contributed by atoms with Crippen molar-refractivity contribution < 1.29 is 18.3 Å². The number of hydrogen-bond donors (Lipinski definition) is 2. The van der Waals surface area contributed by atoms with Gasteiger partial charge in [-0.05, 0) is 42.8 Å². The van der Waals surface area contributed by atoms with E-state index >= 15 is 0 Å². The number of aromatic amines is 1. The molecule has 28 heavy (non-hydrogen) atoms. The Hall–Kier alpha value is -3.29. The molecule has 2 N–H and O–H groups in total. The number of pyridine rings is 1. The number of carbonyl (C=O) groups is 1. The van der Waals surface area contributed by atoms with Crippen molar-refractivity contribution in [1.29, 1.82) is 0 Å². The molecule has 144 valence electrons. The number of alkyl halides is 2. The van der Waals surface area contributed by atoms with Crippen LogP contribution in [0.1, 0.15) is 29.3 Å².